The topological polar surface area (TPSA) is 34.4 Å². The number of aliphatic hydroxyl groups excluding tert-OH is 1. The summed E-state index contributed by atoms with van der Waals surface area (Å²) in [5.41, 5.74) is 1.06. The van der Waals surface area contributed by atoms with Crippen LogP contribution in [0.1, 0.15) is 44.3 Å². The van der Waals surface area contributed by atoms with Crippen molar-refractivity contribution in [2.75, 3.05) is 13.2 Å². The van der Waals surface area contributed by atoms with Gasteiger partial charge in [-0.2, -0.15) is 0 Å². The first-order chi connectivity index (χ1) is 8.31. The molecule has 1 N–H and O–H groups in total. The Kier molecular flexibility index (Phi) is 4.63. The number of nitrogens with zero attached hydrogens (tertiary/aromatic N) is 1. The van der Waals surface area contributed by atoms with E-state index in [1.165, 1.54) is 19.3 Å². The van der Waals surface area contributed by atoms with Crippen LogP contribution in [0.25, 0.3) is 0 Å². The number of unbranched alkanes of at least 4 members (excludes halogenated alkanes) is 1. The monoisotopic (exact) mass is 237 g/mol. The Hall–Kier alpha value is -0.800. The fourth-order valence-electron chi connectivity index (χ4n) is 1.98. The molecule has 0 aliphatic heterocycles. The fourth-order valence-corrected chi connectivity index (χ4v) is 1.98. The van der Waals surface area contributed by atoms with Crippen LogP contribution in [0.2, 0.25) is 0 Å². The molecular formula is C14H23NO2. The first-order valence-corrected chi connectivity index (χ1v) is 6.72. The number of aliphatic hydroxyl groups is 1. The lowest BCUT2D eigenvalue weighted by molar-refractivity contribution is 0.123. The normalized spacial score (nSPS) is 17.3. The van der Waals surface area contributed by atoms with E-state index in [0.717, 1.165) is 31.7 Å². The van der Waals surface area contributed by atoms with Crippen molar-refractivity contribution in [3.63, 3.8) is 0 Å². The SMILES string of the molecule is CCCCOCCn1ccc(C(O)C2CC2)c1. The predicted octanol–water partition coefficient (Wildman–Crippen LogP) is 2.75. The van der Waals surface area contributed by atoms with Gasteiger partial charge < -0.3 is 14.4 Å². The number of aromatic nitrogens is 1. The quantitative estimate of drug-likeness (QED) is 0.705. The van der Waals surface area contributed by atoms with Crippen molar-refractivity contribution in [3.05, 3.63) is 24.0 Å². The van der Waals surface area contributed by atoms with Crippen LogP contribution in [0.15, 0.2) is 18.5 Å². The summed E-state index contributed by atoms with van der Waals surface area (Å²) in [5.74, 6) is 0.506. The Balaban J connectivity index is 1.70. The number of rotatable bonds is 8. The Bertz CT molecular complexity index is 331. The molecule has 1 atom stereocenters. The summed E-state index contributed by atoms with van der Waals surface area (Å²) in [6.45, 7) is 4.66. The molecule has 1 heterocycles. The van der Waals surface area contributed by atoms with Gasteiger partial charge in [-0.25, -0.2) is 0 Å². The molecule has 0 saturated heterocycles. The molecule has 1 aliphatic rings. The number of ether oxygens (including phenoxy) is 1. The van der Waals surface area contributed by atoms with Crippen LogP contribution < -0.4 is 0 Å². The van der Waals surface area contributed by atoms with Gasteiger partial charge >= 0.3 is 0 Å². The zero-order chi connectivity index (χ0) is 12.1. The molecule has 0 radical (unpaired) electrons. The van der Waals surface area contributed by atoms with Crippen molar-refractivity contribution in [1.29, 1.82) is 0 Å². The lowest BCUT2D eigenvalue weighted by Crippen LogP contribution is -2.05. The first-order valence-electron chi connectivity index (χ1n) is 6.72. The summed E-state index contributed by atoms with van der Waals surface area (Å²) in [5, 5.41) is 9.97. The van der Waals surface area contributed by atoms with E-state index in [9.17, 15) is 5.11 Å². The number of hydrogen-bond acceptors (Lipinski definition) is 2. The van der Waals surface area contributed by atoms with E-state index >= 15 is 0 Å². The minimum atomic E-state index is -0.253. The van der Waals surface area contributed by atoms with Gasteiger partial charge in [0, 0.05) is 25.5 Å². The minimum absolute atomic E-state index is 0.253. The molecule has 1 aromatic rings. The second-order valence-corrected chi connectivity index (χ2v) is 4.93. The molecule has 3 heteroatoms. The van der Waals surface area contributed by atoms with Crippen molar-refractivity contribution >= 4 is 0 Å². The van der Waals surface area contributed by atoms with Crippen LogP contribution in [0.5, 0.6) is 0 Å². The molecule has 3 nitrogen and oxygen atoms in total. The summed E-state index contributed by atoms with van der Waals surface area (Å²) in [6, 6.07) is 2.02. The van der Waals surface area contributed by atoms with Crippen LogP contribution in [0.4, 0.5) is 0 Å². The molecule has 1 aromatic heterocycles. The Morgan fingerprint density at radius 2 is 2.29 bits per heavy atom. The molecule has 96 valence electrons. The van der Waals surface area contributed by atoms with Crippen molar-refractivity contribution in [3.8, 4) is 0 Å². The molecule has 0 bridgehead atoms. The molecule has 0 spiro atoms. The summed E-state index contributed by atoms with van der Waals surface area (Å²) in [7, 11) is 0. The summed E-state index contributed by atoms with van der Waals surface area (Å²) in [6.07, 6.45) is 8.49. The van der Waals surface area contributed by atoms with Crippen LogP contribution in [-0.4, -0.2) is 22.9 Å². The first kappa shape index (κ1) is 12.7. The highest BCUT2D eigenvalue weighted by atomic mass is 16.5. The molecule has 0 aromatic carbocycles. The van der Waals surface area contributed by atoms with Gasteiger partial charge in [0.05, 0.1) is 12.7 Å². The lowest BCUT2D eigenvalue weighted by atomic mass is 10.1. The third kappa shape index (κ3) is 3.86. The van der Waals surface area contributed by atoms with Crippen LogP contribution >= 0.6 is 0 Å². The van der Waals surface area contributed by atoms with E-state index in [1.807, 2.05) is 18.5 Å². The minimum Gasteiger partial charge on any atom is -0.388 e. The van der Waals surface area contributed by atoms with Gasteiger partial charge in [0.1, 0.15) is 0 Å². The zero-order valence-electron chi connectivity index (χ0n) is 10.6. The molecular weight excluding hydrogens is 214 g/mol. The van der Waals surface area contributed by atoms with Gasteiger partial charge in [0.2, 0.25) is 0 Å². The van der Waals surface area contributed by atoms with Gasteiger partial charge in [-0.1, -0.05) is 13.3 Å². The summed E-state index contributed by atoms with van der Waals surface area (Å²) < 4.78 is 7.63. The number of hydrogen-bond donors (Lipinski definition) is 1. The average Bonchev–Trinajstić information content (AvgIpc) is 3.08. The smallest absolute Gasteiger partial charge is 0.0832 e. The lowest BCUT2D eigenvalue weighted by Gasteiger charge is -2.07. The Morgan fingerprint density at radius 1 is 1.47 bits per heavy atom. The zero-order valence-corrected chi connectivity index (χ0v) is 10.6. The molecule has 1 saturated carbocycles. The molecule has 17 heavy (non-hydrogen) atoms. The van der Waals surface area contributed by atoms with Crippen molar-refractivity contribution < 1.29 is 9.84 Å². The summed E-state index contributed by atoms with van der Waals surface area (Å²) >= 11 is 0. The van der Waals surface area contributed by atoms with Crippen molar-refractivity contribution in [2.45, 2.75) is 45.3 Å². The standard InChI is InChI=1S/C14H23NO2/c1-2-3-9-17-10-8-15-7-6-13(11-15)14(16)12-4-5-12/h6-7,11-12,14,16H,2-5,8-10H2,1H3. The van der Waals surface area contributed by atoms with Crippen LogP contribution in [0, 0.1) is 5.92 Å². The molecule has 1 fully saturated rings. The van der Waals surface area contributed by atoms with Gasteiger partial charge in [0.15, 0.2) is 0 Å². The second-order valence-electron chi connectivity index (χ2n) is 4.93. The van der Waals surface area contributed by atoms with Gasteiger partial charge in [0.25, 0.3) is 0 Å². The average molecular weight is 237 g/mol. The van der Waals surface area contributed by atoms with E-state index < -0.39 is 0 Å². The van der Waals surface area contributed by atoms with Gasteiger partial charge in [-0.3, -0.25) is 0 Å². The van der Waals surface area contributed by atoms with Gasteiger partial charge in [-0.15, -0.1) is 0 Å². The molecule has 1 aliphatic carbocycles. The van der Waals surface area contributed by atoms with E-state index in [0.29, 0.717) is 5.92 Å². The third-order valence-corrected chi connectivity index (χ3v) is 3.32. The second kappa shape index (κ2) is 6.22. The maximum absolute atomic E-state index is 9.97. The largest absolute Gasteiger partial charge is 0.388 e. The highest BCUT2D eigenvalue weighted by Gasteiger charge is 2.31. The summed E-state index contributed by atoms with van der Waals surface area (Å²) in [4.78, 5) is 0. The predicted molar refractivity (Wildman–Crippen MR) is 67.8 cm³/mol. The molecule has 1 unspecified atom stereocenters. The van der Waals surface area contributed by atoms with E-state index in [-0.39, 0.29) is 6.10 Å². The van der Waals surface area contributed by atoms with E-state index in [2.05, 4.69) is 11.5 Å². The Morgan fingerprint density at radius 3 is 3.00 bits per heavy atom. The maximum atomic E-state index is 9.97. The van der Waals surface area contributed by atoms with E-state index in [1.54, 1.807) is 0 Å². The van der Waals surface area contributed by atoms with Crippen LogP contribution in [0.3, 0.4) is 0 Å². The maximum Gasteiger partial charge on any atom is 0.0832 e. The molecule has 0 amide bonds. The third-order valence-electron chi connectivity index (χ3n) is 3.32. The van der Waals surface area contributed by atoms with Crippen molar-refractivity contribution in [1.82, 2.24) is 4.57 Å². The van der Waals surface area contributed by atoms with E-state index in [4.69, 9.17) is 4.74 Å². The van der Waals surface area contributed by atoms with Gasteiger partial charge in [-0.05, 0) is 36.8 Å². The fraction of sp³-hybridized carbons (Fsp3) is 0.714. The Labute approximate surface area is 103 Å². The molecule has 2 rings (SSSR count). The van der Waals surface area contributed by atoms with Crippen molar-refractivity contribution in [2.24, 2.45) is 5.92 Å². The highest BCUT2D eigenvalue weighted by Crippen LogP contribution is 2.40. The van der Waals surface area contributed by atoms with Crippen LogP contribution in [-0.2, 0) is 11.3 Å². The highest BCUT2D eigenvalue weighted by molar-refractivity contribution is 5.16.